The Morgan fingerprint density at radius 2 is 2.13 bits per heavy atom. The van der Waals surface area contributed by atoms with E-state index in [9.17, 15) is 9.65 Å². The molecular weight excluding hydrogens is 317 g/mol. The van der Waals surface area contributed by atoms with E-state index < -0.39 is 0 Å². The number of halogens is 2. The summed E-state index contributed by atoms with van der Waals surface area (Å²) in [5, 5.41) is 13.7. The van der Waals surface area contributed by atoms with E-state index in [2.05, 4.69) is 21.4 Å². The lowest BCUT2D eigenvalue weighted by Gasteiger charge is -2.09. The van der Waals surface area contributed by atoms with E-state index in [1.165, 1.54) is 18.5 Å². The predicted molar refractivity (Wildman–Crippen MR) is 86.9 cm³/mol. The minimum absolute atomic E-state index is 0.311. The van der Waals surface area contributed by atoms with Crippen LogP contribution in [0.3, 0.4) is 0 Å². The molecule has 2 heterocycles. The maximum atomic E-state index is 13.7. The highest BCUT2D eigenvalue weighted by molar-refractivity contribution is 6.29. The standard InChI is InChI=1S/C16H13ClFN5/c1-10-4-11(18)5-14-13(10)6-12(8-19)23(14)3-2-20-16-7-15(17)21-9-22-16/h4-7,9H,2-3H2,1H3,(H,20,21,22). The van der Waals surface area contributed by atoms with Crippen molar-refractivity contribution in [2.45, 2.75) is 13.5 Å². The van der Waals surface area contributed by atoms with Crippen LogP contribution in [0.15, 0.2) is 30.6 Å². The van der Waals surface area contributed by atoms with Crippen molar-refractivity contribution in [3.05, 3.63) is 52.8 Å². The molecule has 0 fully saturated rings. The molecule has 3 aromatic rings. The van der Waals surface area contributed by atoms with Crippen molar-refractivity contribution in [2.75, 3.05) is 11.9 Å². The largest absolute Gasteiger partial charge is 0.368 e. The highest BCUT2D eigenvalue weighted by atomic mass is 35.5. The van der Waals surface area contributed by atoms with Crippen LogP contribution in [0.25, 0.3) is 10.9 Å². The van der Waals surface area contributed by atoms with Crippen LogP contribution in [0.5, 0.6) is 0 Å². The first-order valence-electron chi connectivity index (χ1n) is 6.99. The third kappa shape index (κ3) is 3.10. The highest BCUT2D eigenvalue weighted by Gasteiger charge is 2.11. The van der Waals surface area contributed by atoms with Crippen LogP contribution in [0.1, 0.15) is 11.3 Å². The maximum Gasteiger partial charge on any atom is 0.134 e. The number of hydrogen-bond acceptors (Lipinski definition) is 4. The van der Waals surface area contributed by atoms with E-state index in [0.717, 1.165) is 10.9 Å². The molecule has 0 saturated carbocycles. The van der Waals surface area contributed by atoms with Crippen molar-refractivity contribution < 1.29 is 4.39 Å². The van der Waals surface area contributed by atoms with Gasteiger partial charge < -0.3 is 9.88 Å². The first kappa shape index (κ1) is 15.3. The first-order valence-corrected chi connectivity index (χ1v) is 7.37. The summed E-state index contributed by atoms with van der Waals surface area (Å²) in [6, 6.07) is 8.47. The maximum absolute atomic E-state index is 13.7. The number of aryl methyl sites for hydroxylation is 1. The molecule has 0 aliphatic carbocycles. The molecule has 0 unspecified atom stereocenters. The number of nitriles is 1. The van der Waals surface area contributed by atoms with Gasteiger partial charge in [-0.1, -0.05) is 11.6 Å². The summed E-state index contributed by atoms with van der Waals surface area (Å²) in [4.78, 5) is 7.86. The molecule has 23 heavy (non-hydrogen) atoms. The van der Waals surface area contributed by atoms with Crippen LogP contribution >= 0.6 is 11.6 Å². The topological polar surface area (TPSA) is 66.5 Å². The number of fused-ring (bicyclic) bond motifs is 1. The Balaban J connectivity index is 1.86. The zero-order chi connectivity index (χ0) is 16.4. The number of nitrogens with one attached hydrogen (secondary N) is 1. The van der Waals surface area contributed by atoms with Crippen LogP contribution in [-0.4, -0.2) is 21.1 Å². The smallest absolute Gasteiger partial charge is 0.134 e. The third-order valence-corrected chi connectivity index (χ3v) is 3.79. The van der Waals surface area contributed by atoms with Crippen molar-refractivity contribution in [3.63, 3.8) is 0 Å². The summed E-state index contributed by atoms with van der Waals surface area (Å²) in [7, 11) is 0. The number of rotatable bonds is 4. The number of nitrogens with zero attached hydrogens (tertiary/aromatic N) is 4. The summed E-state index contributed by atoms with van der Waals surface area (Å²) in [5.41, 5.74) is 2.02. The summed E-state index contributed by atoms with van der Waals surface area (Å²) in [6.45, 7) is 2.84. The Hall–Kier alpha value is -2.65. The van der Waals surface area contributed by atoms with E-state index in [1.807, 2.05) is 6.92 Å². The van der Waals surface area contributed by atoms with Gasteiger partial charge in [-0.3, -0.25) is 0 Å². The van der Waals surface area contributed by atoms with Gasteiger partial charge in [-0.05, 0) is 30.7 Å². The molecule has 7 heteroatoms. The molecule has 0 radical (unpaired) electrons. The van der Waals surface area contributed by atoms with Crippen LogP contribution in [0.2, 0.25) is 5.15 Å². The number of benzene rings is 1. The number of hydrogen-bond donors (Lipinski definition) is 1. The monoisotopic (exact) mass is 329 g/mol. The minimum Gasteiger partial charge on any atom is -0.368 e. The van der Waals surface area contributed by atoms with E-state index in [1.54, 1.807) is 16.7 Å². The molecule has 1 N–H and O–H groups in total. The average Bonchev–Trinajstić information content (AvgIpc) is 2.86. The highest BCUT2D eigenvalue weighted by Crippen LogP contribution is 2.24. The molecule has 0 aliphatic rings. The van der Waals surface area contributed by atoms with Gasteiger partial charge >= 0.3 is 0 Å². The molecule has 0 spiro atoms. The zero-order valence-corrected chi connectivity index (χ0v) is 13.1. The van der Waals surface area contributed by atoms with Crippen LogP contribution < -0.4 is 5.32 Å². The van der Waals surface area contributed by atoms with Gasteiger partial charge in [0.05, 0.1) is 5.52 Å². The van der Waals surface area contributed by atoms with Crippen molar-refractivity contribution >= 4 is 28.3 Å². The van der Waals surface area contributed by atoms with Crippen molar-refractivity contribution in [3.8, 4) is 6.07 Å². The lowest BCUT2D eigenvalue weighted by molar-refractivity contribution is 0.626. The van der Waals surface area contributed by atoms with Crippen molar-refractivity contribution in [2.24, 2.45) is 0 Å². The molecule has 2 aromatic heterocycles. The van der Waals surface area contributed by atoms with Gasteiger partial charge in [0.15, 0.2) is 0 Å². The minimum atomic E-state index is -0.311. The molecule has 1 aromatic carbocycles. The van der Waals surface area contributed by atoms with Crippen molar-refractivity contribution in [1.82, 2.24) is 14.5 Å². The fourth-order valence-electron chi connectivity index (χ4n) is 2.55. The Bertz CT molecular complexity index is 913. The summed E-state index contributed by atoms with van der Waals surface area (Å²) < 4.78 is 15.5. The molecule has 0 atom stereocenters. The molecule has 0 amide bonds. The Morgan fingerprint density at radius 3 is 2.87 bits per heavy atom. The number of anilines is 1. The number of aromatic nitrogens is 3. The van der Waals surface area contributed by atoms with Gasteiger partial charge in [-0.2, -0.15) is 5.26 Å². The fourth-order valence-corrected chi connectivity index (χ4v) is 2.70. The summed E-state index contributed by atoms with van der Waals surface area (Å²) in [6.07, 6.45) is 1.37. The summed E-state index contributed by atoms with van der Waals surface area (Å²) >= 11 is 5.80. The molecule has 0 aliphatic heterocycles. The van der Waals surface area contributed by atoms with E-state index in [-0.39, 0.29) is 5.82 Å². The third-order valence-electron chi connectivity index (χ3n) is 3.58. The summed E-state index contributed by atoms with van der Waals surface area (Å²) in [5.74, 6) is 0.289. The normalized spacial score (nSPS) is 10.7. The lowest BCUT2D eigenvalue weighted by Crippen LogP contribution is -2.12. The molecule has 116 valence electrons. The second-order valence-electron chi connectivity index (χ2n) is 5.10. The molecule has 3 rings (SSSR count). The van der Waals surface area contributed by atoms with Gasteiger partial charge in [-0.15, -0.1) is 0 Å². The van der Waals surface area contributed by atoms with Gasteiger partial charge in [0.1, 0.15) is 34.9 Å². The average molecular weight is 330 g/mol. The van der Waals surface area contributed by atoms with E-state index >= 15 is 0 Å². The SMILES string of the molecule is Cc1cc(F)cc2c1cc(C#N)n2CCNc1cc(Cl)ncn1. The van der Waals surface area contributed by atoms with Crippen molar-refractivity contribution in [1.29, 1.82) is 5.26 Å². The first-order chi connectivity index (χ1) is 11.1. The second-order valence-corrected chi connectivity index (χ2v) is 5.49. The zero-order valence-electron chi connectivity index (χ0n) is 12.3. The van der Waals surface area contributed by atoms with Crippen LogP contribution in [-0.2, 0) is 6.54 Å². The van der Waals surface area contributed by atoms with E-state index in [4.69, 9.17) is 11.6 Å². The second kappa shape index (κ2) is 6.23. The molecule has 5 nitrogen and oxygen atoms in total. The van der Waals surface area contributed by atoms with E-state index in [0.29, 0.717) is 35.3 Å². The van der Waals surface area contributed by atoms with Gasteiger partial charge in [0.25, 0.3) is 0 Å². The van der Waals surface area contributed by atoms with Gasteiger partial charge in [-0.25, -0.2) is 14.4 Å². The lowest BCUT2D eigenvalue weighted by atomic mass is 10.1. The molecule has 0 saturated heterocycles. The van der Waals surface area contributed by atoms with Crippen LogP contribution in [0.4, 0.5) is 10.2 Å². The Labute approximate surface area is 137 Å². The Morgan fingerprint density at radius 1 is 1.30 bits per heavy atom. The fraction of sp³-hybridized carbons (Fsp3) is 0.188. The molecular formula is C16H13ClFN5. The quantitative estimate of drug-likeness (QED) is 0.744. The predicted octanol–water partition coefficient (Wildman–Crippen LogP) is 3.52. The molecule has 0 bridgehead atoms. The van der Waals surface area contributed by atoms with Crippen LogP contribution in [0, 0.1) is 24.1 Å². The Kier molecular flexibility index (Phi) is 4.13. The van der Waals surface area contributed by atoms with Gasteiger partial charge in [0.2, 0.25) is 0 Å². The van der Waals surface area contributed by atoms with Gasteiger partial charge in [0, 0.05) is 24.5 Å².